The molecule has 1 aliphatic heterocycles. The lowest BCUT2D eigenvalue weighted by molar-refractivity contribution is -0.116. The Morgan fingerprint density at radius 2 is 1.67 bits per heavy atom. The molecule has 0 radical (unpaired) electrons. The van der Waals surface area contributed by atoms with Crippen molar-refractivity contribution in [2.45, 2.75) is 11.3 Å². The van der Waals surface area contributed by atoms with Gasteiger partial charge in [-0.05, 0) is 18.1 Å². The maximum atomic E-state index is 12.7. The second kappa shape index (κ2) is 6.49. The van der Waals surface area contributed by atoms with Gasteiger partial charge in [-0.3, -0.25) is 4.79 Å². The molecule has 5 nitrogen and oxygen atoms in total. The minimum atomic E-state index is -3.80. The van der Waals surface area contributed by atoms with Crippen molar-refractivity contribution in [2.24, 2.45) is 0 Å². The van der Waals surface area contributed by atoms with E-state index in [0.29, 0.717) is 17.8 Å². The molecule has 2 aromatic rings. The highest BCUT2D eigenvalue weighted by atomic mass is 32.2. The van der Waals surface area contributed by atoms with Crippen molar-refractivity contribution in [1.29, 1.82) is 0 Å². The topological polar surface area (TPSA) is 75.3 Å². The third kappa shape index (κ3) is 2.80. The predicted octanol–water partition coefficient (Wildman–Crippen LogP) is 1.72. The van der Waals surface area contributed by atoms with Gasteiger partial charge < -0.3 is 10.6 Å². The summed E-state index contributed by atoms with van der Waals surface area (Å²) >= 11 is 0. The average Bonchev–Trinajstić information content (AvgIpc) is 2.83. The number of benzene rings is 2. The zero-order valence-corrected chi connectivity index (χ0v) is 14.1. The molecule has 0 saturated heterocycles. The summed E-state index contributed by atoms with van der Waals surface area (Å²) in [4.78, 5) is 12.1. The molecule has 0 aromatic heterocycles. The Kier molecular flexibility index (Phi) is 4.40. The molecule has 3 rings (SSSR count). The lowest BCUT2D eigenvalue weighted by atomic mass is 10.1. The maximum Gasteiger partial charge on any atom is 0.265 e. The van der Waals surface area contributed by atoms with Crippen molar-refractivity contribution in [3.63, 3.8) is 0 Å². The number of amides is 1. The average molecular weight is 342 g/mol. The van der Waals surface area contributed by atoms with E-state index < -0.39 is 15.7 Å². The van der Waals surface area contributed by atoms with E-state index >= 15 is 0 Å². The molecular weight excluding hydrogens is 324 g/mol. The van der Waals surface area contributed by atoms with Gasteiger partial charge in [0.05, 0.1) is 10.6 Å². The number of fused-ring (bicyclic) bond motifs is 1. The van der Waals surface area contributed by atoms with Crippen molar-refractivity contribution in [3.8, 4) is 0 Å². The van der Waals surface area contributed by atoms with Crippen LogP contribution in [0.5, 0.6) is 0 Å². The van der Waals surface area contributed by atoms with Gasteiger partial charge >= 0.3 is 0 Å². The molecule has 0 aliphatic carbocycles. The van der Waals surface area contributed by atoms with E-state index in [9.17, 15) is 13.2 Å². The van der Waals surface area contributed by atoms with Gasteiger partial charge in [-0.1, -0.05) is 48.5 Å². The zero-order chi connectivity index (χ0) is 17.2. The summed E-state index contributed by atoms with van der Waals surface area (Å²) < 4.78 is 25.3. The quantitative estimate of drug-likeness (QED) is 0.868. The summed E-state index contributed by atoms with van der Waals surface area (Å²) in [6.45, 7) is 0.531. The van der Waals surface area contributed by atoms with Crippen LogP contribution < -0.4 is 10.6 Å². The van der Waals surface area contributed by atoms with Gasteiger partial charge in [-0.15, -0.1) is 0 Å². The van der Waals surface area contributed by atoms with Crippen molar-refractivity contribution in [3.05, 3.63) is 70.6 Å². The van der Waals surface area contributed by atoms with Crippen molar-refractivity contribution >= 4 is 21.4 Å². The van der Waals surface area contributed by atoms with E-state index in [1.807, 2.05) is 30.3 Å². The van der Waals surface area contributed by atoms with Gasteiger partial charge in [0.2, 0.25) is 9.84 Å². The van der Waals surface area contributed by atoms with Crippen LogP contribution in [0.4, 0.5) is 0 Å². The summed E-state index contributed by atoms with van der Waals surface area (Å²) in [6, 6.07) is 16.5. The highest BCUT2D eigenvalue weighted by Crippen LogP contribution is 2.37. The van der Waals surface area contributed by atoms with Crippen LogP contribution >= 0.6 is 0 Å². The Balaban J connectivity index is 1.93. The number of carbonyl (C=O) groups excluding carboxylic acids is 1. The van der Waals surface area contributed by atoms with Crippen LogP contribution in [-0.4, -0.2) is 27.9 Å². The number of carbonyl (C=O) groups is 1. The number of sulfone groups is 1. The lowest BCUT2D eigenvalue weighted by Gasteiger charge is -2.10. The summed E-state index contributed by atoms with van der Waals surface area (Å²) in [5.41, 5.74) is 2.06. The smallest absolute Gasteiger partial charge is 0.265 e. The molecule has 0 atom stereocenters. The largest absolute Gasteiger partial charge is 0.383 e. The standard InChI is InChI=1S/C18H18N2O3S/c1-19-18(21)17-16(20-12-11-13-7-3-2-4-8-13)14-9-5-6-10-15(14)24(17,22)23/h2-10,20H,11-12H2,1H3,(H,19,21). The Labute approximate surface area is 141 Å². The number of hydrogen-bond acceptors (Lipinski definition) is 4. The molecule has 0 fully saturated rings. The van der Waals surface area contributed by atoms with Crippen LogP contribution in [0, 0.1) is 0 Å². The first-order chi connectivity index (χ1) is 11.6. The molecular formula is C18H18N2O3S. The summed E-state index contributed by atoms with van der Waals surface area (Å²) in [5.74, 6) is -0.603. The van der Waals surface area contributed by atoms with E-state index in [0.717, 1.165) is 12.0 Å². The third-order valence-corrected chi connectivity index (χ3v) is 5.80. The first-order valence-electron chi connectivity index (χ1n) is 7.64. The monoisotopic (exact) mass is 342 g/mol. The highest BCUT2D eigenvalue weighted by Gasteiger charge is 2.39. The molecule has 1 amide bonds. The molecule has 0 unspecified atom stereocenters. The SMILES string of the molecule is CNC(=O)C1=C(NCCc2ccccc2)c2ccccc2S1(=O)=O. The van der Waals surface area contributed by atoms with Gasteiger partial charge in [0, 0.05) is 19.2 Å². The number of hydrogen-bond donors (Lipinski definition) is 2. The van der Waals surface area contributed by atoms with Crippen molar-refractivity contribution in [2.75, 3.05) is 13.6 Å². The summed E-state index contributed by atoms with van der Waals surface area (Å²) in [6.07, 6.45) is 0.730. The summed E-state index contributed by atoms with van der Waals surface area (Å²) in [5, 5.41) is 5.57. The van der Waals surface area contributed by atoms with Gasteiger partial charge in [-0.25, -0.2) is 8.42 Å². The minimum Gasteiger partial charge on any atom is -0.383 e. The molecule has 2 aromatic carbocycles. The van der Waals surface area contributed by atoms with E-state index in [4.69, 9.17) is 0 Å². The predicted molar refractivity (Wildman–Crippen MR) is 92.8 cm³/mol. The first-order valence-corrected chi connectivity index (χ1v) is 9.12. The Morgan fingerprint density at radius 1 is 1.00 bits per heavy atom. The van der Waals surface area contributed by atoms with Gasteiger partial charge in [0.25, 0.3) is 5.91 Å². The van der Waals surface area contributed by atoms with Crippen molar-refractivity contribution < 1.29 is 13.2 Å². The minimum absolute atomic E-state index is 0.172. The number of nitrogens with one attached hydrogen (secondary N) is 2. The fraction of sp³-hybridized carbons (Fsp3) is 0.167. The third-order valence-electron chi connectivity index (χ3n) is 3.93. The molecule has 1 heterocycles. The fourth-order valence-electron chi connectivity index (χ4n) is 2.78. The summed E-state index contributed by atoms with van der Waals surface area (Å²) in [7, 11) is -2.37. The molecule has 0 spiro atoms. The Morgan fingerprint density at radius 3 is 2.38 bits per heavy atom. The lowest BCUT2D eigenvalue weighted by Crippen LogP contribution is -2.26. The fourth-order valence-corrected chi connectivity index (χ4v) is 4.51. The number of rotatable bonds is 5. The van der Waals surface area contributed by atoms with Crippen molar-refractivity contribution in [1.82, 2.24) is 10.6 Å². The number of likely N-dealkylation sites (N-methyl/N-ethyl adjacent to an activating group) is 1. The van der Waals surface area contributed by atoms with E-state index in [2.05, 4.69) is 10.6 Å². The maximum absolute atomic E-state index is 12.7. The van der Waals surface area contributed by atoms with Crippen LogP contribution in [0.1, 0.15) is 11.1 Å². The molecule has 124 valence electrons. The van der Waals surface area contributed by atoms with Gasteiger partial charge in [-0.2, -0.15) is 0 Å². The van der Waals surface area contributed by atoms with Crippen LogP contribution in [-0.2, 0) is 21.1 Å². The molecule has 0 saturated carbocycles. The van der Waals surface area contributed by atoms with Gasteiger partial charge in [0.15, 0.2) is 4.91 Å². The van der Waals surface area contributed by atoms with Gasteiger partial charge in [0.1, 0.15) is 0 Å². The van der Waals surface area contributed by atoms with Crippen LogP contribution in [0.25, 0.3) is 5.70 Å². The van der Waals surface area contributed by atoms with Crippen LogP contribution in [0.3, 0.4) is 0 Å². The second-order valence-electron chi connectivity index (χ2n) is 5.45. The Bertz CT molecular complexity index is 903. The highest BCUT2D eigenvalue weighted by molar-refractivity contribution is 7.97. The molecule has 2 N–H and O–H groups in total. The van der Waals surface area contributed by atoms with E-state index in [1.54, 1.807) is 18.2 Å². The van der Waals surface area contributed by atoms with Crippen LogP contribution in [0.2, 0.25) is 0 Å². The van der Waals surface area contributed by atoms with E-state index in [-0.39, 0.29) is 9.80 Å². The Hall–Kier alpha value is -2.60. The van der Waals surface area contributed by atoms with Crippen LogP contribution in [0.15, 0.2) is 64.4 Å². The van der Waals surface area contributed by atoms with E-state index in [1.165, 1.54) is 13.1 Å². The molecule has 1 aliphatic rings. The first kappa shape index (κ1) is 16.3. The normalized spacial score (nSPS) is 15.0. The molecule has 0 bridgehead atoms. The zero-order valence-electron chi connectivity index (χ0n) is 13.2. The molecule has 6 heteroatoms. The second-order valence-corrected chi connectivity index (χ2v) is 7.30. The molecule has 24 heavy (non-hydrogen) atoms.